The number of hydrogen-bond donors (Lipinski definition) is 4. The third-order valence-corrected chi connectivity index (χ3v) is 10.6. The zero-order valence-electron chi connectivity index (χ0n) is 30.7. The lowest BCUT2D eigenvalue weighted by Gasteiger charge is -2.22. The number of rotatable bonds is 9. The van der Waals surface area contributed by atoms with Crippen LogP contribution >= 0.6 is 0 Å². The maximum absolute atomic E-state index is 14.0. The van der Waals surface area contributed by atoms with Crippen LogP contribution in [-0.4, -0.2) is 68.0 Å². The zero-order chi connectivity index (χ0) is 38.2. The molecular formula is C38H46N4O9S. The molecule has 13 nitrogen and oxygen atoms in total. The molecule has 2 amide bonds. The summed E-state index contributed by atoms with van der Waals surface area (Å²) in [5.41, 5.74) is 5.11. The van der Waals surface area contributed by atoms with Gasteiger partial charge in [-0.25, -0.2) is 27.5 Å². The number of hydrogen-bond acceptors (Lipinski definition) is 9. The van der Waals surface area contributed by atoms with Crippen LogP contribution in [0.25, 0.3) is 11.1 Å². The molecule has 3 aromatic rings. The van der Waals surface area contributed by atoms with E-state index in [0.717, 1.165) is 27.8 Å². The number of amides is 2. The Bertz CT molecular complexity index is 2010. The smallest absolute Gasteiger partial charge is 0.414 e. The van der Waals surface area contributed by atoms with Gasteiger partial charge in [0.2, 0.25) is 5.96 Å². The van der Waals surface area contributed by atoms with E-state index in [0.29, 0.717) is 28.9 Å². The summed E-state index contributed by atoms with van der Waals surface area (Å²) < 4.78 is 47.2. The fraction of sp³-hybridized carbons (Fsp3) is 0.421. The van der Waals surface area contributed by atoms with Crippen molar-refractivity contribution in [2.24, 2.45) is 4.99 Å². The van der Waals surface area contributed by atoms with Gasteiger partial charge in [-0.1, -0.05) is 48.5 Å². The number of fused-ring (bicyclic) bond motifs is 4. The van der Waals surface area contributed by atoms with Gasteiger partial charge in [-0.3, -0.25) is 10.3 Å². The molecule has 0 radical (unpaired) electrons. The van der Waals surface area contributed by atoms with Crippen LogP contribution in [0, 0.1) is 20.8 Å². The number of aliphatic carboxylic acids is 1. The van der Waals surface area contributed by atoms with Gasteiger partial charge in [-0.2, -0.15) is 0 Å². The van der Waals surface area contributed by atoms with Crippen LogP contribution in [0.4, 0.5) is 9.59 Å². The highest BCUT2D eigenvalue weighted by Crippen LogP contribution is 2.45. The Morgan fingerprint density at radius 1 is 0.962 bits per heavy atom. The lowest BCUT2D eigenvalue weighted by atomic mass is 9.94. The van der Waals surface area contributed by atoms with E-state index in [-0.39, 0.29) is 30.4 Å². The number of alkyl carbamates (subject to hydrolysis) is 2. The number of ether oxygens (including phenoxy) is 3. The molecule has 1 atom stereocenters. The third-order valence-electron chi connectivity index (χ3n) is 9.03. The summed E-state index contributed by atoms with van der Waals surface area (Å²) in [5, 5.41) is 14.6. The number of carbonyl (C=O) groups excluding carboxylic acids is 2. The molecule has 1 aliphatic carbocycles. The van der Waals surface area contributed by atoms with Crippen molar-refractivity contribution in [2.75, 3.05) is 13.2 Å². The number of aliphatic imine (C=N–C) groups is 1. The third kappa shape index (κ3) is 8.33. The van der Waals surface area contributed by atoms with E-state index in [2.05, 4.69) is 20.3 Å². The van der Waals surface area contributed by atoms with Crippen LogP contribution < -0.4 is 20.1 Å². The number of nitrogens with one attached hydrogen (secondary N) is 3. The van der Waals surface area contributed by atoms with Gasteiger partial charge in [0.25, 0.3) is 10.0 Å². The molecule has 0 saturated carbocycles. The first-order valence-corrected chi connectivity index (χ1v) is 18.5. The van der Waals surface area contributed by atoms with Crippen molar-refractivity contribution < 1.29 is 42.1 Å². The Morgan fingerprint density at radius 2 is 1.56 bits per heavy atom. The molecule has 4 N–H and O–H groups in total. The molecule has 0 bridgehead atoms. The molecule has 5 rings (SSSR count). The Balaban J connectivity index is 1.31. The standard InChI is InChI=1S/C38H46N4O9S/c1-21-22(2)32(23(3)28-19-38(7,8)50-31(21)28)52(47,48)42-34(41-36(46)51-37(4,5)6)39-18-17-30(33(43)44)40-35(45)49-20-29-26-15-11-9-13-24(26)25-14-10-12-16-27(25)29/h9-16,29-30H,17-20H2,1-8H3,(H,40,45)(H,43,44)(H2,39,41,42,46)/t30-/m0/s1. The number of sulfonamides is 1. The van der Waals surface area contributed by atoms with E-state index in [1.165, 1.54) is 0 Å². The molecular weight excluding hydrogens is 689 g/mol. The Kier molecular flexibility index (Phi) is 10.6. The maximum atomic E-state index is 14.0. The van der Waals surface area contributed by atoms with Crippen molar-refractivity contribution >= 4 is 34.1 Å². The van der Waals surface area contributed by atoms with Crippen molar-refractivity contribution in [3.63, 3.8) is 0 Å². The first-order valence-electron chi connectivity index (χ1n) is 17.0. The van der Waals surface area contributed by atoms with Gasteiger partial charge in [0, 0.05) is 24.4 Å². The molecule has 3 aromatic carbocycles. The highest BCUT2D eigenvalue weighted by atomic mass is 32.2. The van der Waals surface area contributed by atoms with E-state index in [4.69, 9.17) is 14.2 Å². The minimum atomic E-state index is -4.35. The predicted octanol–water partition coefficient (Wildman–Crippen LogP) is 5.87. The number of carboxylic acids is 1. The Labute approximate surface area is 304 Å². The monoisotopic (exact) mass is 734 g/mol. The summed E-state index contributed by atoms with van der Waals surface area (Å²) in [6.07, 6.45) is -1.67. The number of guanidine groups is 1. The molecule has 0 fully saturated rings. The molecule has 0 unspecified atom stereocenters. The molecule has 0 saturated heterocycles. The normalized spacial score (nSPS) is 15.4. The van der Waals surface area contributed by atoms with Gasteiger partial charge in [0.1, 0.15) is 29.6 Å². The molecule has 1 aliphatic heterocycles. The quantitative estimate of drug-likeness (QED) is 0.155. The van der Waals surface area contributed by atoms with Gasteiger partial charge in [-0.15, -0.1) is 0 Å². The van der Waals surface area contributed by atoms with Gasteiger partial charge in [-0.05, 0) is 101 Å². The van der Waals surface area contributed by atoms with Gasteiger partial charge < -0.3 is 24.6 Å². The van der Waals surface area contributed by atoms with Crippen molar-refractivity contribution in [3.05, 3.63) is 81.9 Å². The lowest BCUT2D eigenvalue weighted by molar-refractivity contribution is -0.139. The van der Waals surface area contributed by atoms with Crippen molar-refractivity contribution in [2.45, 2.75) is 96.3 Å². The van der Waals surface area contributed by atoms with Crippen LogP contribution in [-0.2, 0) is 30.7 Å². The van der Waals surface area contributed by atoms with Crippen LogP contribution in [0.5, 0.6) is 5.75 Å². The van der Waals surface area contributed by atoms with E-state index in [1.807, 2.05) is 62.4 Å². The molecule has 0 aromatic heterocycles. The van der Waals surface area contributed by atoms with E-state index in [1.54, 1.807) is 41.5 Å². The second kappa shape index (κ2) is 14.5. The van der Waals surface area contributed by atoms with Crippen molar-refractivity contribution in [1.29, 1.82) is 0 Å². The zero-order valence-corrected chi connectivity index (χ0v) is 31.5. The number of carbonyl (C=O) groups is 3. The highest BCUT2D eigenvalue weighted by Gasteiger charge is 2.37. The number of benzene rings is 3. The minimum absolute atomic E-state index is 0.0132. The largest absolute Gasteiger partial charge is 0.487 e. The second-order valence-corrected chi connectivity index (χ2v) is 16.3. The van der Waals surface area contributed by atoms with Gasteiger partial charge in [0.15, 0.2) is 0 Å². The summed E-state index contributed by atoms with van der Waals surface area (Å²) in [7, 11) is -4.35. The summed E-state index contributed by atoms with van der Waals surface area (Å²) in [6, 6.07) is 14.2. The van der Waals surface area contributed by atoms with Gasteiger partial charge in [0.05, 0.1) is 4.90 Å². The Hall–Kier alpha value is -5.11. The van der Waals surface area contributed by atoms with Crippen molar-refractivity contribution in [3.8, 4) is 16.9 Å². The summed E-state index contributed by atoms with van der Waals surface area (Å²) >= 11 is 0. The van der Waals surface area contributed by atoms with E-state index >= 15 is 0 Å². The predicted molar refractivity (Wildman–Crippen MR) is 195 cm³/mol. The number of nitrogens with zero attached hydrogens (tertiary/aromatic N) is 1. The Morgan fingerprint density at radius 3 is 2.13 bits per heavy atom. The molecule has 2 aliphatic rings. The van der Waals surface area contributed by atoms with E-state index in [9.17, 15) is 27.9 Å². The average molecular weight is 735 g/mol. The fourth-order valence-electron chi connectivity index (χ4n) is 6.67. The van der Waals surface area contributed by atoms with Crippen LogP contribution in [0.1, 0.15) is 80.3 Å². The van der Waals surface area contributed by atoms with Gasteiger partial charge >= 0.3 is 18.2 Å². The SMILES string of the molecule is Cc1c(C)c(S(=O)(=O)NC(=NCC[C@H](NC(=O)OCC2c3ccccc3-c3ccccc32)C(=O)O)NC(=O)OC(C)(C)C)c(C)c2c1OC(C)(C)C2. The first kappa shape index (κ1) is 38.1. The molecule has 1 heterocycles. The van der Waals surface area contributed by atoms with Crippen LogP contribution in [0.3, 0.4) is 0 Å². The second-order valence-electron chi connectivity index (χ2n) is 14.7. The van der Waals surface area contributed by atoms with E-state index < -0.39 is 51.4 Å². The summed E-state index contributed by atoms with van der Waals surface area (Å²) in [4.78, 5) is 42.0. The first-order chi connectivity index (χ1) is 24.3. The fourth-order valence-corrected chi connectivity index (χ4v) is 8.22. The molecule has 52 heavy (non-hydrogen) atoms. The summed E-state index contributed by atoms with van der Waals surface area (Å²) in [6.45, 7) is 13.6. The topological polar surface area (TPSA) is 182 Å². The van der Waals surface area contributed by atoms with Crippen LogP contribution in [0.15, 0.2) is 58.4 Å². The molecule has 278 valence electrons. The highest BCUT2D eigenvalue weighted by molar-refractivity contribution is 7.90. The average Bonchev–Trinajstić information content (AvgIpc) is 3.55. The minimum Gasteiger partial charge on any atom is -0.487 e. The van der Waals surface area contributed by atoms with Crippen LogP contribution in [0.2, 0.25) is 0 Å². The maximum Gasteiger partial charge on any atom is 0.414 e. The van der Waals surface area contributed by atoms with Crippen molar-refractivity contribution in [1.82, 2.24) is 15.4 Å². The number of carboxylic acid groups (broad SMARTS) is 1. The summed E-state index contributed by atoms with van der Waals surface area (Å²) in [5.74, 6) is -1.39. The molecule has 14 heteroatoms. The molecule has 0 spiro atoms. The lowest BCUT2D eigenvalue weighted by Crippen LogP contribution is -2.46.